The van der Waals surface area contributed by atoms with Crippen LogP contribution < -0.4 is 5.73 Å². The lowest BCUT2D eigenvalue weighted by atomic mass is 10.1. The number of hydrogen-bond donors (Lipinski definition) is 3. The van der Waals surface area contributed by atoms with Gasteiger partial charge in [-0.15, -0.1) is 5.53 Å². The Morgan fingerprint density at radius 2 is 2.00 bits per heavy atom. The summed E-state index contributed by atoms with van der Waals surface area (Å²) >= 11 is 0. The molecule has 0 aromatic carbocycles. The lowest BCUT2D eigenvalue weighted by Gasteiger charge is -2.07. The molecule has 0 aliphatic rings. The Balaban J connectivity index is 0. The molecule has 0 spiro atoms. The monoisotopic (exact) mass is 160 g/mol. The van der Waals surface area contributed by atoms with Gasteiger partial charge in [-0.2, -0.15) is 0 Å². The van der Waals surface area contributed by atoms with Crippen molar-refractivity contribution in [1.82, 2.24) is 0 Å². The van der Waals surface area contributed by atoms with E-state index >= 15 is 0 Å². The van der Waals surface area contributed by atoms with Gasteiger partial charge < -0.3 is 10.8 Å². The highest BCUT2D eigenvalue weighted by Crippen LogP contribution is 1.96. The minimum absolute atomic E-state index is 0.0208. The van der Waals surface area contributed by atoms with Gasteiger partial charge in [0.2, 0.25) is 0 Å². The fraction of sp³-hybridized carbons (Fsp3) is 0.800. The van der Waals surface area contributed by atoms with Crippen molar-refractivity contribution in [2.24, 2.45) is 11.7 Å². The highest BCUT2D eigenvalue weighted by atomic mass is 16.4. The highest BCUT2D eigenvalue weighted by molar-refractivity contribution is 5.73. The summed E-state index contributed by atoms with van der Waals surface area (Å²) in [5.41, 5.74) is 17.4. The van der Waals surface area contributed by atoms with E-state index in [9.17, 15) is 4.79 Å². The summed E-state index contributed by atoms with van der Waals surface area (Å²) in [6, 6.07) is -0.713. The molecule has 6 heteroatoms. The second kappa shape index (κ2) is 6.85. The van der Waals surface area contributed by atoms with E-state index in [0.29, 0.717) is 0 Å². The molecule has 0 amide bonds. The van der Waals surface area contributed by atoms with Crippen LogP contribution >= 0.6 is 0 Å². The fourth-order valence-electron chi connectivity index (χ4n) is 0.285. The van der Waals surface area contributed by atoms with Crippen molar-refractivity contribution in [2.75, 3.05) is 0 Å². The van der Waals surface area contributed by atoms with Crippen molar-refractivity contribution >= 4 is 5.97 Å². The van der Waals surface area contributed by atoms with Crippen LogP contribution in [0.3, 0.4) is 0 Å². The smallest absolute Gasteiger partial charge is 0.320 e. The molecule has 0 rings (SSSR count). The second-order valence-corrected chi connectivity index (χ2v) is 2.21. The van der Waals surface area contributed by atoms with Gasteiger partial charge in [0.1, 0.15) is 6.04 Å². The average molecular weight is 160 g/mol. The number of nitrogens with one attached hydrogen (secondary N) is 1. The number of carboxylic acid groups (broad SMARTS) is 1. The number of nitrogens with two attached hydrogens (primary N) is 1. The zero-order valence-electron chi connectivity index (χ0n) is 6.48. The quantitative estimate of drug-likeness (QED) is 0.316. The van der Waals surface area contributed by atoms with Gasteiger partial charge >= 0.3 is 5.97 Å². The fourth-order valence-corrected chi connectivity index (χ4v) is 0.285. The zero-order chi connectivity index (χ0) is 9.44. The van der Waals surface area contributed by atoms with Crippen molar-refractivity contribution in [3.05, 3.63) is 10.4 Å². The molecule has 4 N–H and O–H groups in total. The molecule has 64 valence electrons. The second-order valence-electron chi connectivity index (χ2n) is 2.21. The number of carbonyl (C=O) groups is 1. The predicted octanol–water partition coefficient (Wildman–Crippen LogP) is 0.930. The molecule has 0 aliphatic heterocycles. The van der Waals surface area contributed by atoms with Gasteiger partial charge in [0.25, 0.3) is 0 Å². The zero-order valence-corrected chi connectivity index (χ0v) is 6.48. The molecule has 6 nitrogen and oxygen atoms in total. The largest absolute Gasteiger partial charge is 0.480 e. The molecular formula is C5H12N4O2. The molecule has 0 aromatic rings. The maximum absolute atomic E-state index is 10.0. The highest BCUT2D eigenvalue weighted by Gasteiger charge is 2.14. The first-order valence-corrected chi connectivity index (χ1v) is 2.96. The van der Waals surface area contributed by atoms with Gasteiger partial charge in [-0.3, -0.25) is 4.79 Å². The van der Waals surface area contributed by atoms with Gasteiger partial charge in [0, 0.05) is 0 Å². The predicted molar refractivity (Wildman–Crippen MR) is 39.9 cm³/mol. The third-order valence-electron chi connectivity index (χ3n) is 1.00. The summed E-state index contributed by atoms with van der Waals surface area (Å²) in [6.45, 7) is 3.55. The van der Waals surface area contributed by atoms with Crippen LogP contribution in [0, 0.1) is 11.4 Å². The van der Waals surface area contributed by atoms with E-state index in [1.54, 1.807) is 18.8 Å². The Hall–Kier alpha value is -1.26. The summed E-state index contributed by atoms with van der Waals surface area (Å²) in [7, 11) is 0. The Labute approximate surface area is 64.4 Å². The Kier molecular flexibility index (Phi) is 7.74. The molecule has 1 atom stereocenters. The van der Waals surface area contributed by atoms with Gasteiger partial charge in [-0.25, -0.2) is 0 Å². The topological polar surface area (TPSA) is 124 Å². The summed E-state index contributed by atoms with van der Waals surface area (Å²) in [5.74, 6) is -0.910. The third-order valence-corrected chi connectivity index (χ3v) is 1.00. The van der Waals surface area contributed by atoms with Crippen LogP contribution in [0.4, 0.5) is 0 Å². The molecular weight excluding hydrogens is 148 g/mol. The van der Waals surface area contributed by atoms with Crippen LogP contribution in [0.1, 0.15) is 13.8 Å². The Morgan fingerprint density at radius 1 is 1.73 bits per heavy atom. The molecule has 0 radical (unpaired) electrons. The van der Waals surface area contributed by atoms with Gasteiger partial charge in [-0.05, 0) is 16.4 Å². The van der Waals surface area contributed by atoms with Gasteiger partial charge in [0.05, 0.1) is 0 Å². The molecule has 0 bridgehead atoms. The van der Waals surface area contributed by atoms with E-state index in [2.05, 4.69) is 0 Å². The molecule has 0 saturated carbocycles. The molecule has 0 fully saturated rings. The third kappa shape index (κ3) is 8.74. The summed E-state index contributed by atoms with van der Waals surface area (Å²) in [4.78, 5) is 11.8. The van der Waals surface area contributed by atoms with Gasteiger partial charge in [-0.1, -0.05) is 13.8 Å². The summed E-state index contributed by atoms with van der Waals surface area (Å²) < 4.78 is 0. The number of rotatable bonds is 2. The SMILES string of the molecule is CC(C)[C@H](N)C(=O)O.[N-]=[N+]=N. The molecule has 11 heavy (non-hydrogen) atoms. The Bertz CT molecular complexity index is 151. The lowest BCUT2D eigenvalue weighted by Crippen LogP contribution is -2.34. The van der Waals surface area contributed by atoms with Crippen molar-refractivity contribution < 1.29 is 9.90 Å². The summed E-state index contributed by atoms with van der Waals surface area (Å²) in [5, 5.41) is 8.23. The average Bonchev–Trinajstić information content (AvgIpc) is 1.87. The molecule has 0 aliphatic carbocycles. The van der Waals surface area contributed by atoms with E-state index in [4.69, 9.17) is 21.9 Å². The molecule has 0 saturated heterocycles. The maximum Gasteiger partial charge on any atom is 0.320 e. The number of carboxylic acids is 1. The van der Waals surface area contributed by atoms with Crippen LogP contribution in [-0.2, 0) is 4.79 Å². The minimum Gasteiger partial charge on any atom is -0.480 e. The normalized spacial score (nSPS) is 10.9. The summed E-state index contributed by atoms with van der Waals surface area (Å²) in [6.07, 6.45) is 0. The lowest BCUT2D eigenvalue weighted by molar-refractivity contribution is -0.139. The molecule has 0 aromatic heterocycles. The van der Waals surface area contributed by atoms with Crippen molar-refractivity contribution in [3.8, 4) is 0 Å². The van der Waals surface area contributed by atoms with Crippen LogP contribution in [0.15, 0.2) is 0 Å². The van der Waals surface area contributed by atoms with E-state index in [0.717, 1.165) is 0 Å². The van der Waals surface area contributed by atoms with E-state index in [1.807, 2.05) is 0 Å². The van der Waals surface area contributed by atoms with Gasteiger partial charge in [0.15, 0.2) is 0 Å². The van der Waals surface area contributed by atoms with E-state index in [-0.39, 0.29) is 5.92 Å². The molecule has 0 heterocycles. The van der Waals surface area contributed by atoms with Crippen molar-refractivity contribution in [2.45, 2.75) is 19.9 Å². The van der Waals surface area contributed by atoms with Crippen molar-refractivity contribution in [3.63, 3.8) is 0 Å². The minimum atomic E-state index is -0.931. The van der Waals surface area contributed by atoms with E-state index in [1.165, 1.54) is 0 Å². The maximum atomic E-state index is 10.0. The van der Waals surface area contributed by atoms with E-state index < -0.39 is 12.0 Å². The first-order valence-electron chi connectivity index (χ1n) is 2.96. The Morgan fingerprint density at radius 3 is 2.00 bits per heavy atom. The molecule has 0 unspecified atom stereocenters. The number of aliphatic carboxylic acids is 1. The van der Waals surface area contributed by atoms with Crippen LogP contribution in [-0.4, -0.2) is 17.1 Å². The first-order chi connectivity index (χ1) is 4.97. The van der Waals surface area contributed by atoms with Crippen LogP contribution in [0.5, 0.6) is 0 Å². The van der Waals surface area contributed by atoms with Crippen LogP contribution in [0.2, 0.25) is 0 Å². The first kappa shape index (κ1) is 12.4. The van der Waals surface area contributed by atoms with Crippen LogP contribution in [0.25, 0.3) is 10.4 Å². The standard InChI is InChI=1S/C5H11NO2.HN3/c1-3(2)4(6)5(7)8;1-3-2/h3-4H,6H2,1-2H3,(H,7,8);1H/t4-;/m0./s1. The number of nitrogens with zero attached hydrogens (tertiary/aromatic N) is 2. The number of hydrogen-bond acceptors (Lipinski definition) is 3. The van der Waals surface area contributed by atoms with Crippen molar-refractivity contribution in [1.29, 1.82) is 5.53 Å².